The van der Waals surface area contributed by atoms with Gasteiger partial charge in [-0.3, -0.25) is 14.4 Å². The van der Waals surface area contributed by atoms with Gasteiger partial charge in [-0.2, -0.15) is 0 Å². The number of nitrogens with one attached hydrogen (secondary N) is 2. The van der Waals surface area contributed by atoms with E-state index in [1.165, 1.54) is 18.2 Å². The molecule has 3 N–H and O–H groups in total. The van der Waals surface area contributed by atoms with Crippen LogP contribution in [0.4, 0.5) is 9.39 Å². The molecule has 6 nitrogen and oxygen atoms in total. The van der Waals surface area contributed by atoms with Crippen LogP contribution in [0.25, 0.3) is 0 Å². The molecule has 0 radical (unpaired) electrons. The molecule has 0 aliphatic heterocycles. The quantitative estimate of drug-likeness (QED) is 0.729. The lowest BCUT2D eigenvalue weighted by molar-refractivity contribution is -0.141. The summed E-state index contributed by atoms with van der Waals surface area (Å²) in [6.07, 6.45) is 1.61. The van der Waals surface area contributed by atoms with Crippen LogP contribution in [-0.2, 0) is 4.79 Å². The Kier molecular flexibility index (Phi) is 5.55. The third-order valence-electron chi connectivity index (χ3n) is 4.56. The lowest BCUT2D eigenvalue weighted by Gasteiger charge is -2.11. The van der Waals surface area contributed by atoms with Gasteiger partial charge in [0.05, 0.1) is 15.8 Å². The Bertz CT molecular complexity index is 896. The molecular formula is C19H19FN2O4S. The maximum atomic E-state index is 13.2. The van der Waals surface area contributed by atoms with Crippen LogP contribution >= 0.6 is 11.3 Å². The second-order valence-corrected chi connectivity index (χ2v) is 7.66. The molecule has 1 aliphatic carbocycles. The van der Waals surface area contributed by atoms with Crippen LogP contribution in [0.2, 0.25) is 0 Å². The number of rotatable bonds is 5. The van der Waals surface area contributed by atoms with Gasteiger partial charge in [-0.1, -0.05) is 6.07 Å². The summed E-state index contributed by atoms with van der Waals surface area (Å²) in [6.45, 7) is 1.76. The second-order valence-electron chi connectivity index (χ2n) is 6.61. The average Bonchev–Trinajstić information content (AvgIpc) is 3.21. The zero-order valence-electron chi connectivity index (χ0n) is 14.6. The summed E-state index contributed by atoms with van der Waals surface area (Å²) in [6, 6.07) is 6.88. The Morgan fingerprint density at radius 3 is 2.63 bits per heavy atom. The minimum atomic E-state index is -0.832. The first kappa shape index (κ1) is 19.0. The number of aliphatic carboxylic acids is 1. The third kappa shape index (κ3) is 4.51. The van der Waals surface area contributed by atoms with E-state index in [2.05, 4.69) is 10.6 Å². The van der Waals surface area contributed by atoms with Gasteiger partial charge in [-0.05, 0) is 56.0 Å². The number of anilines is 1. The van der Waals surface area contributed by atoms with E-state index in [1.54, 1.807) is 13.0 Å². The minimum absolute atomic E-state index is 0.162. The first-order valence-corrected chi connectivity index (χ1v) is 9.36. The van der Waals surface area contributed by atoms with Crippen LogP contribution in [-0.4, -0.2) is 28.9 Å². The minimum Gasteiger partial charge on any atom is -0.481 e. The largest absolute Gasteiger partial charge is 0.481 e. The van der Waals surface area contributed by atoms with Crippen LogP contribution < -0.4 is 10.6 Å². The van der Waals surface area contributed by atoms with Crippen LogP contribution in [0.15, 0.2) is 30.3 Å². The molecule has 2 aromatic rings. The number of carboxylic acids is 1. The number of benzene rings is 1. The fourth-order valence-corrected chi connectivity index (χ4v) is 4.14. The summed E-state index contributed by atoms with van der Waals surface area (Å²) >= 11 is 1.13. The highest BCUT2D eigenvalue weighted by Crippen LogP contribution is 2.29. The van der Waals surface area contributed by atoms with Crippen LogP contribution in [0.3, 0.4) is 0 Å². The SMILES string of the molecule is Cc1cc(NC(=O)c2cccc(F)c2)sc1C(=O)N[C@H]1CC[C@@H](C(=O)O)C1. The standard InChI is InChI=1S/C19H19FN2O4S/c1-10-7-15(22-17(23)11-3-2-4-13(20)8-11)27-16(10)18(24)21-14-6-5-12(9-14)19(25)26/h2-4,7-8,12,14H,5-6,9H2,1H3,(H,21,24)(H,22,23)(H,25,26)/t12-,14+/m1/s1. The number of carboxylic acid groups (broad SMARTS) is 1. The molecule has 0 saturated heterocycles. The molecule has 1 heterocycles. The summed E-state index contributed by atoms with van der Waals surface area (Å²) in [5, 5.41) is 15.1. The molecule has 1 aromatic carbocycles. The molecule has 0 spiro atoms. The average molecular weight is 390 g/mol. The summed E-state index contributed by atoms with van der Waals surface area (Å²) in [5.41, 5.74) is 0.901. The first-order valence-electron chi connectivity index (χ1n) is 8.54. The van der Waals surface area contributed by atoms with Gasteiger partial charge in [-0.25, -0.2) is 4.39 Å². The van der Waals surface area contributed by atoms with Crippen molar-refractivity contribution in [1.82, 2.24) is 5.32 Å². The number of hydrogen-bond donors (Lipinski definition) is 3. The van der Waals surface area contributed by atoms with Crippen molar-refractivity contribution in [3.05, 3.63) is 52.2 Å². The molecule has 27 heavy (non-hydrogen) atoms. The Labute approximate surface area is 159 Å². The highest BCUT2D eigenvalue weighted by atomic mass is 32.1. The van der Waals surface area contributed by atoms with E-state index in [0.717, 1.165) is 17.4 Å². The summed E-state index contributed by atoms with van der Waals surface area (Å²) in [5.74, 6) is -2.48. The third-order valence-corrected chi connectivity index (χ3v) is 5.72. The monoisotopic (exact) mass is 390 g/mol. The van der Waals surface area contributed by atoms with E-state index in [9.17, 15) is 18.8 Å². The Morgan fingerprint density at radius 2 is 1.96 bits per heavy atom. The highest BCUT2D eigenvalue weighted by Gasteiger charge is 2.31. The molecule has 2 amide bonds. The van der Waals surface area contributed by atoms with Crippen molar-refractivity contribution >= 4 is 34.1 Å². The van der Waals surface area contributed by atoms with Gasteiger partial charge in [0.2, 0.25) is 0 Å². The van der Waals surface area contributed by atoms with Gasteiger partial charge >= 0.3 is 5.97 Å². The molecule has 3 rings (SSSR count). The number of carbonyl (C=O) groups excluding carboxylic acids is 2. The fourth-order valence-electron chi connectivity index (χ4n) is 3.17. The molecule has 8 heteroatoms. The van der Waals surface area contributed by atoms with Gasteiger partial charge in [0.25, 0.3) is 11.8 Å². The second kappa shape index (κ2) is 7.87. The van der Waals surface area contributed by atoms with E-state index in [4.69, 9.17) is 5.11 Å². The molecule has 0 unspecified atom stereocenters. The molecule has 0 bridgehead atoms. The predicted octanol–water partition coefficient (Wildman–Crippen LogP) is 3.43. The van der Waals surface area contributed by atoms with Crippen molar-refractivity contribution in [3.8, 4) is 0 Å². The van der Waals surface area contributed by atoms with Gasteiger partial charge in [0.1, 0.15) is 5.82 Å². The Hall–Kier alpha value is -2.74. The smallest absolute Gasteiger partial charge is 0.306 e. The molecule has 1 aliphatic rings. The first-order chi connectivity index (χ1) is 12.8. The maximum absolute atomic E-state index is 13.2. The van der Waals surface area contributed by atoms with E-state index in [-0.39, 0.29) is 17.5 Å². The molecule has 1 aromatic heterocycles. The van der Waals surface area contributed by atoms with Crippen molar-refractivity contribution in [2.24, 2.45) is 5.92 Å². The Morgan fingerprint density at radius 1 is 1.19 bits per heavy atom. The van der Waals surface area contributed by atoms with Gasteiger partial charge < -0.3 is 15.7 Å². The van der Waals surface area contributed by atoms with E-state index >= 15 is 0 Å². The van der Waals surface area contributed by atoms with Gasteiger partial charge in [0, 0.05) is 11.6 Å². The lowest BCUT2D eigenvalue weighted by atomic mass is 10.1. The summed E-state index contributed by atoms with van der Waals surface area (Å²) in [4.78, 5) is 36.2. The number of aryl methyl sites for hydroxylation is 1. The Balaban J connectivity index is 1.64. The van der Waals surface area contributed by atoms with Crippen LogP contribution in [0.1, 0.15) is 44.9 Å². The lowest BCUT2D eigenvalue weighted by Crippen LogP contribution is -2.33. The molecule has 1 fully saturated rings. The number of thiophene rings is 1. The van der Waals surface area contributed by atoms with Crippen LogP contribution in [0.5, 0.6) is 0 Å². The van der Waals surface area contributed by atoms with Gasteiger partial charge in [-0.15, -0.1) is 11.3 Å². The van der Waals surface area contributed by atoms with E-state index in [0.29, 0.717) is 34.7 Å². The normalized spacial score (nSPS) is 18.9. The highest BCUT2D eigenvalue weighted by molar-refractivity contribution is 7.18. The number of halogens is 1. The fraction of sp³-hybridized carbons (Fsp3) is 0.316. The van der Waals surface area contributed by atoms with E-state index < -0.39 is 23.6 Å². The van der Waals surface area contributed by atoms with Crippen LogP contribution in [0, 0.1) is 18.7 Å². The van der Waals surface area contributed by atoms with Gasteiger partial charge in [0.15, 0.2) is 0 Å². The predicted molar refractivity (Wildman–Crippen MR) is 99.6 cm³/mol. The number of carbonyl (C=O) groups is 3. The molecular weight excluding hydrogens is 371 g/mol. The molecule has 142 valence electrons. The zero-order chi connectivity index (χ0) is 19.6. The summed E-state index contributed by atoms with van der Waals surface area (Å²) in [7, 11) is 0. The number of hydrogen-bond acceptors (Lipinski definition) is 4. The van der Waals surface area contributed by atoms with E-state index in [1.807, 2.05) is 0 Å². The van der Waals surface area contributed by atoms with Crippen molar-refractivity contribution in [2.45, 2.75) is 32.2 Å². The zero-order valence-corrected chi connectivity index (χ0v) is 15.4. The molecule has 1 saturated carbocycles. The maximum Gasteiger partial charge on any atom is 0.306 e. The number of amides is 2. The van der Waals surface area contributed by atoms with Crippen molar-refractivity contribution < 1.29 is 23.9 Å². The summed E-state index contributed by atoms with van der Waals surface area (Å²) < 4.78 is 13.2. The van der Waals surface area contributed by atoms with Crippen molar-refractivity contribution in [1.29, 1.82) is 0 Å². The van der Waals surface area contributed by atoms with Crippen molar-refractivity contribution in [2.75, 3.05) is 5.32 Å². The topological polar surface area (TPSA) is 95.5 Å². The molecule has 2 atom stereocenters. The van der Waals surface area contributed by atoms with Crippen molar-refractivity contribution in [3.63, 3.8) is 0 Å².